The smallest absolute Gasteiger partial charge is 0.274 e. The van der Waals surface area contributed by atoms with Crippen LogP contribution >= 0.6 is 0 Å². The molecule has 122 valence electrons. The Hall–Kier alpha value is -1.98. The molecule has 1 aromatic heterocycles. The maximum Gasteiger partial charge on any atom is 0.274 e. The minimum atomic E-state index is -0.175. The van der Waals surface area contributed by atoms with Gasteiger partial charge in [0.05, 0.1) is 11.9 Å². The van der Waals surface area contributed by atoms with E-state index < -0.39 is 0 Å². The summed E-state index contributed by atoms with van der Waals surface area (Å²) in [6, 6.07) is 0. The molecule has 0 radical (unpaired) electrons. The first-order chi connectivity index (χ1) is 10.4. The zero-order chi connectivity index (χ0) is 16.5. The Kier molecular flexibility index (Phi) is 7.49. The zero-order valence-electron chi connectivity index (χ0n) is 13.9. The van der Waals surface area contributed by atoms with E-state index >= 15 is 0 Å². The molecule has 1 N–H and O–H groups in total. The molecule has 0 saturated heterocycles. The van der Waals surface area contributed by atoms with E-state index in [2.05, 4.69) is 15.3 Å². The number of carbonyl (C=O) groups excluding carboxylic acids is 2. The topological polar surface area (TPSA) is 75.2 Å². The third-order valence-corrected chi connectivity index (χ3v) is 3.10. The SMILES string of the molecule is CCCN(CCC(=O)NCC(C)C)C(=O)c1cnc(C)cn1. The molecule has 0 aliphatic rings. The fourth-order valence-electron chi connectivity index (χ4n) is 1.89. The van der Waals surface area contributed by atoms with Crippen molar-refractivity contribution in [1.29, 1.82) is 0 Å². The molecule has 0 aliphatic heterocycles. The molecule has 1 heterocycles. The lowest BCUT2D eigenvalue weighted by atomic mass is 10.2. The van der Waals surface area contributed by atoms with Crippen molar-refractivity contribution in [3.63, 3.8) is 0 Å². The molecule has 0 unspecified atom stereocenters. The number of carbonyl (C=O) groups is 2. The molecule has 0 bridgehead atoms. The highest BCUT2D eigenvalue weighted by molar-refractivity contribution is 5.92. The molecular weight excluding hydrogens is 280 g/mol. The van der Waals surface area contributed by atoms with Crippen molar-refractivity contribution < 1.29 is 9.59 Å². The third kappa shape index (κ3) is 6.20. The second kappa shape index (κ2) is 9.12. The van der Waals surface area contributed by atoms with Gasteiger partial charge in [0, 0.05) is 32.3 Å². The van der Waals surface area contributed by atoms with Crippen LogP contribution in [0.5, 0.6) is 0 Å². The van der Waals surface area contributed by atoms with E-state index in [-0.39, 0.29) is 11.8 Å². The Morgan fingerprint density at radius 3 is 2.50 bits per heavy atom. The van der Waals surface area contributed by atoms with Crippen molar-refractivity contribution in [3.05, 3.63) is 23.8 Å². The summed E-state index contributed by atoms with van der Waals surface area (Å²) in [7, 11) is 0. The number of nitrogens with zero attached hydrogens (tertiary/aromatic N) is 3. The van der Waals surface area contributed by atoms with Crippen LogP contribution in [0, 0.1) is 12.8 Å². The molecule has 6 nitrogen and oxygen atoms in total. The van der Waals surface area contributed by atoms with Crippen LogP contribution in [0.4, 0.5) is 0 Å². The van der Waals surface area contributed by atoms with E-state index in [9.17, 15) is 9.59 Å². The molecule has 2 amide bonds. The Morgan fingerprint density at radius 2 is 1.95 bits per heavy atom. The number of amides is 2. The highest BCUT2D eigenvalue weighted by Crippen LogP contribution is 2.04. The van der Waals surface area contributed by atoms with Crippen molar-refractivity contribution in [3.8, 4) is 0 Å². The van der Waals surface area contributed by atoms with E-state index in [0.717, 1.165) is 12.1 Å². The van der Waals surface area contributed by atoms with Crippen LogP contribution in [-0.2, 0) is 4.79 Å². The van der Waals surface area contributed by atoms with Crippen LogP contribution in [-0.4, -0.2) is 46.3 Å². The summed E-state index contributed by atoms with van der Waals surface area (Å²) in [6.07, 6.45) is 4.20. The predicted octanol–water partition coefficient (Wildman–Crippen LogP) is 1.80. The second-order valence-corrected chi connectivity index (χ2v) is 5.78. The van der Waals surface area contributed by atoms with Gasteiger partial charge in [-0.05, 0) is 19.3 Å². The van der Waals surface area contributed by atoms with Gasteiger partial charge in [-0.15, -0.1) is 0 Å². The first-order valence-electron chi connectivity index (χ1n) is 7.78. The van der Waals surface area contributed by atoms with Gasteiger partial charge in [-0.3, -0.25) is 14.6 Å². The fourth-order valence-corrected chi connectivity index (χ4v) is 1.89. The lowest BCUT2D eigenvalue weighted by molar-refractivity contribution is -0.121. The summed E-state index contributed by atoms with van der Waals surface area (Å²) < 4.78 is 0. The summed E-state index contributed by atoms with van der Waals surface area (Å²) >= 11 is 0. The number of hydrogen-bond donors (Lipinski definition) is 1. The molecule has 0 aliphatic carbocycles. The Labute approximate surface area is 132 Å². The first-order valence-corrected chi connectivity index (χ1v) is 7.78. The first kappa shape index (κ1) is 18.1. The van der Waals surface area contributed by atoms with Gasteiger partial charge in [-0.25, -0.2) is 4.98 Å². The fraction of sp³-hybridized carbons (Fsp3) is 0.625. The third-order valence-electron chi connectivity index (χ3n) is 3.10. The highest BCUT2D eigenvalue weighted by atomic mass is 16.2. The molecule has 1 aromatic rings. The van der Waals surface area contributed by atoms with E-state index in [1.54, 1.807) is 11.1 Å². The number of nitrogens with one attached hydrogen (secondary N) is 1. The van der Waals surface area contributed by atoms with Crippen LogP contribution < -0.4 is 5.32 Å². The monoisotopic (exact) mass is 306 g/mol. The van der Waals surface area contributed by atoms with Crippen LogP contribution in [0.25, 0.3) is 0 Å². The zero-order valence-corrected chi connectivity index (χ0v) is 13.9. The average Bonchev–Trinajstić information content (AvgIpc) is 2.49. The number of aryl methyl sites for hydroxylation is 1. The molecular formula is C16H26N4O2. The molecule has 0 fully saturated rings. The van der Waals surface area contributed by atoms with Crippen molar-refractivity contribution in [2.24, 2.45) is 5.92 Å². The predicted molar refractivity (Wildman–Crippen MR) is 85.4 cm³/mol. The van der Waals surface area contributed by atoms with Gasteiger partial charge < -0.3 is 10.2 Å². The van der Waals surface area contributed by atoms with Gasteiger partial charge >= 0.3 is 0 Å². The van der Waals surface area contributed by atoms with E-state index in [1.807, 2.05) is 27.7 Å². The van der Waals surface area contributed by atoms with Gasteiger partial charge in [0.2, 0.25) is 5.91 Å². The minimum Gasteiger partial charge on any atom is -0.356 e. The molecule has 0 aromatic carbocycles. The Morgan fingerprint density at radius 1 is 1.23 bits per heavy atom. The van der Waals surface area contributed by atoms with Crippen molar-refractivity contribution in [1.82, 2.24) is 20.2 Å². The average molecular weight is 306 g/mol. The lowest BCUT2D eigenvalue weighted by Gasteiger charge is -2.21. The van der Waals surface area contributed by atoms with Gasteiger partial charge in [0.15, 0.2) is 0 Å². The van der Waals surface area contributed by atoms with E-state index in [1.165, 1.54) is 6.20 Å². The van der Waals surface area contributed by atoms with Crippen LogP contribution in [0.1, 0.15) is 49.8 Å². The molecule has 0 saturated carbocycles. The summed E-state index contributed by atoms with van der Waals surface area (Å²) in [5.41, 5.74) is 1.09. The maximum atomic E-state index is 12.4. The van der Waals surface area contributed by atoms with Crippen LogP contribution in [0.3, 0.4) is 0 Å². The summed E-state index contributed by atoms with van der Waals surface area (Å²) in [5.74, 6) is 0.212. The Balaban J connectivity index is 2.59. The van der Waals surface area contributed by atoms with Gasteiger partial charge in [0.25, 0.3) is 5.91 Å². The maximum absolute atomic E-state index is 12.4. The van der Waals surface area contributed by atoms with Crippen molar-refractivity contribution in [2.75, 3.05) is 19.6 Å². The highest BCUT2D eigenvalue weighted by Gasteiger charge is 2.17. The Bertz CT molecular complexity index is 485. The summed E-state index contributed by atoms with van der Waals surface area (Å²) in [6.45, 7) is 9.57. The number of rotatable bonds is 8. The molecule has 0 atom stereocenters. The van der Waals surface area contributed by atoms with E-state index in [4.69, 9.17) is 0 Å². The number of hydrogen-bond acceptors (Lipinski definition) is 4. The quantitative estimate of drug-likeness (QED) is 0.794. The van der Waals surface area contributed by atoms with Gasteiger partial charge in [0.1, 0.15) is 5.69 Å². The summed E-state index contributed by atoms with van der Waals surface area (Å²) in [5, 5.41) is 2.86. The van der Waals surface area contributed by atoms with Gasteiger partial charge in [-0.1, -0.05) is 20.8 Å². The standard InChI is InChI=1S/C16H26N4O2/c1-5-7-20(8-6-15(21)19-9-12(2)3)16(22)14-11-17-13(4)10-18-14/h10-12H,5-9H2,1-4H3,(H,19,21). The minimum absolute atomic E-state index is 0.0300. The summed E-state index contributed by atoms with van der Waals surface area (Å²) in [4.78, 5) is 34.1. The normalized spacial score (nSPS) is 10.6. The molecule has 0 spiro atoms. The van der Waals surface area contributed by atoms with Crippen LogP contribution in [0.2, 0.25) is 0 Å². The van der Waals surface area contributed by atoms with Crippen molar-refractivity contribution >= 4 is 11.8 Å². The van der Waals surface area contributed by atoms with E-state index in [0.29, 0.717) is 37.7 Å². The molecule has 1 rings (SSSR count). The second-order valence-electron chi connectivity index (χ2n) is 5.78. The lowest BCUT2D eigenvalue weighted by Crippen LogP contribution is -2.37. The number of aromatic nitrogens is 2. The van der Waals surface area contributed by atoms with Crippen molar-refractivity contribution in [2.45, 2.75) is 40.5 Å². The molecule has 6 heteroatoms. The molecule has 22 heavy (non-hydrogen) atoms. The largest absolute Gasteiger partial charge is 0.356 e. The van der Waals surface area contributed by atoms with Gasteiger partial charge in [-0.2, -0.15) is 0 Å². The van der Waals surface area contributed by atoms with Crippen LogP contribution in [0.15, 0.2) is 12.4 Å².